The maximum absolute atomic E-state index is 10.0. The van der Waals surface area contributed by atoms with E-state index in [1.54, 1.807) is 0 Å². The molecule has 1 aliphatic carbocycles. The van der Waals surface area contributed by atoms with Crippen molar-refractivity contribution >= 4 is 21.9 Å². The summed E-state index contributed by atoms with van der Waals surface area (Å²) >= 11 is 0. The molecule has 0 bridgehead atoms. The third-order valence-corrected chi connectivity index (χ3v) is 7.85. The second-order valence-corrected chi connectivity index (χ2v) is 10.3. The van der Waals surface area contributed by atoms with Crippen LogP contribution in [0.15, 0.2) is 71.3 Å². The van der Waals surface area contributed by atoms with Crippen LogP contribution in [-0.4, -0.2) is 0 Å². The minimum Gasteiger partial charge on any atom is -0.454 e. The smallest absolute Gasteiger partial charge is 0.216 e. The van der Waals surface area contributed by atoms with Crippen molar-refractivity contribution < 1.29 is 8.98 Å². The Morgan fingerprint density at radius 1 is 0.914 bits per heavy atom. The Balaban J connectivity index is 1.62. The van der Waals surface area contributed by atoms with Crippen LogP contribution in [-0.2, 0) is 19.9 Å². The molecule has 0 amide bonds. The first-order chi connectivity index (χ1) is 17.0. The van der Waals surface area contributed by atoms with Crippen LogP contribution in [0.4, 0.5) is 0 Å². The fraction of sp³-hybridized carbons (Fsp3) is 0.250. The van der Waals surface area contributed by atoms with Crippen molar-refractivity contribution in [2.24, 2.45) is 18.9 Å². The van der Waals surface area contributed by atoms with Gasteiger partial charge in [-0.15, -0.1) is 0 Å². The molecule has 172 valence electrons. The van der Waals surface area contributed by atoms with Crippen molar-refractivity contribution in [3.8, 4) is 28.5 Å². The minimum absolute atomic E-state index is 0.651. The summed E-state index contributed by atoms with van der Waals surface area (Å²) in [6, 6.07) is 23.7. The number of nitriles is 1. The van der Waals surface area contributed by atoms with Crippen molar-refractivity contribution in [1.29, 1.82) is 5.26 Å². The summed E-state index contributed by atoms with van der Waals surface area (Å²) in [7, 11) is 2.06. The average Bonchev–Trinajstić information content (AvgIpc) is 3.45. The van der Waals surface area contributed by atoms with Crippen molar-refractivity contribution in [1.82, 2.24) is 0 Å². The van der Waals surface area contributed by atoms with Gasteiger partial charge in [0.05, 0.1) is 17.2 Å². The highest BCUT2D eigenvalue weighted by molar-refractivity contribution is 6.14. The molecule has 0 spiro atoms. The van der Waals surface area contributed by atoms with Crippen LogP contribution in [0.3, 0.4) is 0 Å². The second-order valence-electron chi connectivity index (χ2n) is 10.3. The SMILES string of the molecule is Cc1ccc2c(oc3c(-c4ccc5c(c4)CC(C(C)C)C5)c(C#N)ccc32)c1-c1cccc[n+]1C. The summed E-state index contributed by atoms with van der Waals surface area (Å²) in [5.74, 6) is 1.36. The van der Waals surface area contributed by atoms with Crippen LogP contribution in [0.2, 0.25) is 0 Å². The molecule has 3 aromatic carbocycles. The Bertz CT molecular complexity index is 1670. The Kier molecular flexibility index (Phi) is 5.00. The third-order valence-electron chi connectivity index (χ3n) is 7.85. The molecular weight excluding hydrogens is 428 g/mol. The highest BCUT2D eigenvalue weighted by Crippen LogP contribution is 2.43. The first-order valence-electron chi connectivity index (χ1n) is 12.4. The molecule has 3 nitrogen and oxygen atoms in total. The maximum Gasteiger partial charge on any atom is 0.216 e. The molecule has 5 aromatic rings. The summed E-state index contributed by atoms with van der Waals surface area (Å²) in [5, 5.41) is 12.2. The third kappa shape index (κ3) is 3.36. The van der Waals surface area contributed by atoms with Crippen LogP contribution in [0, 0.1) is 30.1 Å². The molecule has 0 saturated carbocycles. The van der Waals surface area contributed by atoms with Gasteiger partial charge in [0, 0.05) is 28.5 Å². The highest BCUT2D eigenvalue weighted by Gasteiger charge is 2.26. The molecule has 0 N–H and O–H groups in total. The van der Waals surface area contributed by atoms with E-state index in [0.29, 0.717) is 17.4 Å². The van der Waals surface area contributed by atoms with Gasteiger partial charge in [-0.05, 0) is 72.1 Å². The lowest BCUT2D eigenvalue weighted by atomic mass is 9.93. The molecule has 1 aliphatic rings. The molecule has 2 heterocycles. The topological polar surface area (TPSA) is 40.8 Å². The zero-order valence-corrected chi connectivity index (χ0v) is 20.7. The van der Waals surface area contributed by atoms with Crippen molar-refractivity contribution in [2.45, 2.75) is 33.6 Å². The lowest BCUT2D eigenvalue weighted by molar-refractivity contribution is -0.660. The average molecular weight is 458 g/mol. The van der Waals surface area contributed by atoms with Gasteiger partial charge in [0.1, 0.15) is 18.2 Å². The van der Waals surface area contributed by atoms with Crippen LogP contribution in [0.25, 0.3) is 44.3 Å². The number of rotatable bonds is 3. The van der Waals surface area contributed by atoms with Gasteiger partial charge >= 0.3 is 0 Å². The van der Waals surface area contributed by atoms with Crippen LogP contribution >= 0.6 is 0 Å². The minimum atomic E-state index is 0.651. The van der Waals surface area contributed by atoms with Crippen molar-refractivity contribution in [3.63, 3.8) is 0 Å². The molecule has 6 rings (SSSR count). The number of hydrogen-bond acceptors (Lipinski definition) is 2. The van der Waals surface area contributed by atoms with Crippen LogP contribution < -0.4 is 4.57 Å². The standard InChI is InChI=1S/C32H29N2O/c1-19(2)24-15-21-9-10-22(16-25(21)17-24)30-23(18-33)11-13-27-26-12-8-20(3)29(31(26)35-32(27)30)28-7-5-6-14-34(28)4/h5-14,16,19,24H,15,17H2,1-4H3/q+1. The Hall–Kier alpha value is -3.90. The highest BCUT2D eigenvalue weighted by atomic mass is 16.3. The quantitative estimate of drug-likeness (QED) is 0.267. The van der Waals surface area contributed by atoms with Gasteiger partial charge in [-0.1, -0.05) is 44.2 Å². The molecule has 1 unspecified atom stereocenters. The number of pyridine rings is 1. The molecule has 35 heavy (non-hydrogen) atoms. The Labute approximate surface area is 206 Å². The summed E-state index contributed by atoms with van der Waals surface area (Å²) in [5.41, 5.74) is 10.5. The van der Waals surface area contributed by atoms with E-state index in [2.05, 4.69) is 87.1 Å². The van der Waals surface area contributed by atoms with E-state index in [0.717, 1.165) is 62.7 Å². The lowest BCUT2D eigenvalue weighted by Crippen LogP contribution is -2.30. The number of furan rings is 1. The first-order valence-corrected chi connectivity index (χ1v) is 12.4. The first kappa shape index (κ1) is 21.6. The maximum atomic E-state index is 10.0. The molecule has 0 radical (unpaired) electrons. The zero-order valence-electron chi connectivity index (χ0n) is 20.7. The van der Waals surface area contributed by atoms with Gasteiger partial charge in [0.15, 0.2) is 6.20 Å². The van der Waals surface area contributed by atoms with Crippen LogP contribution in [0.1, 0.15) is 36.1 Å². The van der Waals surface area contributed by atoms with Crippen LogP contribution in [0.5, 0.6) is 0 Å². The summed E-state index contributed by atoms with van der Waals surface area (Å²) < 4.78 is 8.84. The Morgan fingerprint density at radius 2 is 1.66 bits per heavy atom. The molecule has 3 heteroatoms. The molecule has 0 aliphatic heterocycles. The predicted octanol–water partition coefficient (Wildman–Crippen LogP) is 7.30. The zero-order chi connectivity index (χ0) is 24.3. The van der Waals surface area contributed by atoms with E-state index in [1.165, 1.54) is 11.1 Å². The molecule has 2 aromatic heterocycles. The molecule has 0 saturated heterocycles. The van der Waals surface area contributed by atoms with Gasteiger partial charge in [-0.3, -0.25) is 0 Å². The summed E-state index contributed by atoms with van der Waals surface area (Å²) in [6.45, 7) is 6.75. The van der Waals surface area contributed by atoms with E-state index in [1.807, 2.05) is 18.2 Å². The fourth-order valence-electron chi connectivity index (χ4n) is 5.76. The Morgan fingerprint density at radius 3 is 2.40 bits per heavy atom. The lowest BCUT2D eigenvalue weighted by Gasteiger charge is -2.12. The summed E-state index contributed by atoms with van der Waals surface area (Å²) in [4.78, 5) is 0. The van der Waals surface area contributed by atoms with E-state index >= 15 is 0 Å². The van der Waals surface area contributed by atoms with E-state index < -0.39 is 0 Å². The van der Waals surface area contributed by atoms with E-state index in [-0.39, 0.29) is 0 Å². The van der Waals surface area contributed by atoms with Gasteiger partial charge in [-0.2, -0.15) is 5.26 Å². The number of hydrogen-bond donors (Lipinski definition) is 0. The molecule has 1 atom stereocenters. The fourth-order valence-corrected chi connectivity index (χ4v) is 5.76. The number of aromatic nitrogens is 1. The number of nitrogens with zero attached hydrogens (tertiary/aromatic N) is 2. The summed E-state index contributed by atoms with van der Waals surface area (Å²) in [6.07, 6.45) is 4.31. The second kappa shape index (κ2) is 8.10. The number of benzene rings is 3. The monoisotopic (exact) mass is 457 g/mol. The normalized spacial score (nSPS) is 15.1. The van der Waals surface area contributed by atoms with E-state index in [9.17, 15) is 5.26 Å². The predicted molar refractivity (Wildman–Crippen MR) is 141 cm³/mol. The number of fused-ring (bicyclic) bond motifs is 4. The number of aryl methyl sites for hydroxylation is 2. The van der Waals surface area contributed by atoms with E-state index in [4.69, 9.17) is 4.42 Å². The largest absolute Gasteiger partial charge is 0.454 e. The van der Waals surface area contributed by atoms with Gasteiger partial charge in [-0.25, -0.2) is 4.57 Å². The molecule has 0 fully saturated rings. The van der Waals surface area contributed by atoms with Gasteiger partial charge < -0.3 is 4.42 Å². The van der Waals surface area contributed by atoms with Gasteiger partial charge in [0.2, 0.25) is 5.69 Å². The molecular formula is C32H29N2O+. The van der Waals surface area contributed by atoms with Gasteiger partial charge in [0.25, 0.3) is 0 Å². The van der Waals surface area contributed by atoms with Crippen molar-refractivity contribution in [2.75, 3.05) is 0 Å². The van der Waals surface area contributed by atoms with Crippen molar-refractivity contribution in [3.05, 3.63) is 89.1 Å².